The lowest BCUT2D eigenvalue weighted by Gasteiger charge is -2.41. The lowest BCUT2D eigenvalue weighted by molar-refractivity contribution is 0.566. The predicted molar refractivity (Wildman–Crippen MR) is 146 cm³/mol. The lowest BCUT2D eigenvalue weighted by atomic mass is 9.86. The molecule has 1 saturated heterocycles. The van der Waals surface area contributed by atoms with Gasteiger partial charge in [0, 0.05) is 30.2 Å². The van der Waals surface area contributed by atoms with Gasteiger partial charge in [0.1, 0.15) is 0 Å². The van der Waals surface area contributed by atoms with Gasteiger partial charge < -0.3 is 15.1 Å². The van der Waals surface area contributed by atoms with E-state index >= 15 is 0 Å². The zero-order valence-electron chi connectivity index (χ0n) is 20.8. The number of aromatic nitrogens is 1. The van der Waals surface area contributed by atoms with Crippen molar-refractivity contribution < 1.29 is 0 Å². The largest absolute Gasteiger partial charge is 0.366 e. The molecule has 5 rings (SSSR count). The van der Waals surface area contributed by atoms with Crippen LogP contribution in [0.5, 0.6) is 0 Å². The first-order valence-corrected chi connectivity index (χ1v) is 12.2. The number of benzene rings is 2. The monoisotopic (exact) mass is 468 g/mol. The lowest BCUT2D eigenvalue weighted by Crippen LogP contribution is -2.42. The molecule has 0 bridgehead atoms. The molecule has 3 aromatic rings. The van der Waals surface area contributed by atoms with Crippen molar-refractivity contribution in [2.45, 2.75) is 52.2 Å². The fourth-order valence-electron chi connectivity index (χ4n) is 5.21. The van der Waals surface area contributed by atoms with E-state index in [-0.39, 0.29) is 17.6 Å². The molecule has 0 unspecified atom stereocenters. The Labute approximate surface area is 208 Å². The maximum Gasteiger partial charge on any atom is 0.174 e. The number of allylic oxidation sites excluding steroid dienone is 1. The Kier molecular flexibility index (Phi) is 5.48. The van der Waals surface area contributed by atoms with Crippen LogP contribution in [0.1, 0.15) is 60.8 Å². The van der Waals surface area contributed by atoms with Crippen LogP contribution in [0.2, 0.25) is 0 Å². The highest BCUT2D eigenvalue weighted by Crippen LogP contribution is 2.45. The maximum absolute atomic E-state index is 5.91. The topological polar surface area (TPSA) is 31.4 Å². The minimum Gasteiger partial charge on any atom is -0.366 e. The molecule has 1 fully saturated rings. The summed E-state index contributed by atoms with van der Waals surface area (Å²) in [5, 5.41) is 4.31. The molecule has 2 aliphatic heterocycles. The van der Waals surface area contributed by atoms with Gasteiger partial charge in [0.2, 0.25) is 0 Å². The second-order valence-corrected chi connectivity index (χ2v) is 10.5. The zero-order valence-corrected chi connectivity index (χ0v) is 21.6. The average Bonchev–Trinajstić information content (AvgIpc) is 3.16. The van der Waals surface area contributed by atoms with E-state index < -0.39 is 0 Å². The van der Waals surface area contributed by atoms with E-state index in [9.17, 15) is 0 Å². The smallest absolute Gasteiger partial charge is 0.174 e. The first-order chi connectivity index (χ1) is 16.2. The minimum atomic E-state index is -0.0459. The molecular weight excluding hydrogens is 436 g/mol. The number of pyridine rings is 1. The van der Waals surface area contributed by atoms with Crippen LogP contribution in [-0.2, 0) is 0 Å². The molecule has 174 valence electrons. The SMILES string of the molecule is CC1=CC(C)(C)N(C)c2ccc([C@H]3[C@H](c4ccccn4)NC(=S)N3c3ccc(C)c(C)c3)cc21. The fraction of sp³-hybridized carbons (Fsp3) is 0.310. The Balaban J connectivity index is 1.67. The van der Waals surface area contributed by atoms with E-state index in [1.165, 1.54) is 33.5 Å². The number of nitrogens with zero attached hydrogens (tertiary/aromatic N) is 3. The number of hydrogen-bond acceptors (Lipinski definition) is 3. The van der Waals surface area contributed by atoms with Crippen LogP contribution in [0, 0.1) is 13.8 Å². The molecule has 2 atom stereocenters. The van der Waals surface area contributed by atoms with Crippen molar-refractivity contribution in [1.29, 1.82) is 0 Å². The van der Waals surface area contributed by atoms with Crippen LogP contribution in [0.25, 0.3) is 5.57 Å². The average molecular weight is 469 g/mol. The van der Waals surface area contributed by atoms with Gasteiger partial charge in [0.15, 0.2) is 5.11 Å². The maximum atomic E-state index is 5.91. The van der Waals surface area contributed by atoms with Crippen molar-refractivity contribution in [3.63, 3.8) is 0 Å². The van der Waals surface area contributed by atoms with E-state index in [2.05, 4.69) is 105 Å². The highest BCUT2D eigenvalue weighted by molar-refractivity contribution is 7.80. The molecular formula is C29H32N4S. The zero-order chi connectivity index (χ0) is 24.2. The van der Waals surface area contributed by atoms with Crippen LogP contribution in [0.3, 0.4) is 0 Å². The van der Waals surface area contributed by atoms with Crippen LogP contribution < -0.4 is 15.1 Å². The third-order valence-corrected chi connectivity index (χ3v) is 7.76. The highest BCUT2D eigenvalue weighted by Gasteiger charge is 2.41. The Hall–Kier alpha value is -3.18. The van der Waals surface area contributed by atoms with E-state index in [1.807, 2.05) is 18.3 Å². The van der Waals surface area contributed by atoms with Crippen molar-refractivity contribution in [2.24, 2.45) is 0 Å². The molecule has 3 heterocycles. The molecule has 2 aliphatic rings. The summed E-state index contributed by atoms with van der Waals surface area (Å²) in [4.78, 5) is 9.31. The van der Waals surface area contributed by atoms with Crippen LogP contribution in [0.4, 0.5) is 11.4 Å². The normalized spacial score (nSPS) is 21.2. The number of likely N-dealkylation sites (N-methyl/N-ethyl adjacent to an activating group) is 1. The van der Waals surface area contributed by atoms with Crippen molar-refractivity contribution >= 4 is 34.3 Å². The summed E-state index contributed by atoms with van der Waals surface area (Å²) >= 11 is 5.91. The van der Waals surface area contributed by atoms with Crippen LogP contribution in [-0.4, -0.2) is 22.7 Å². The molecule has 0 amide bonds. The molecule has 4 nitrogen and oxygen atoms in total. The molecule has 34 heavy (non-hydrogen) atoms. The van der Waals surface area contributed by atoms with Gasteiger partial charge in [-0.05, 0) is 105 Å². The second kappa shape index (κ2) is 8.24. The van der Waals surface area contributed by atoms with Crippen molar-refractivity contribution in [2.75, 3.05) is 16.8 Å². The van der Waals surface area contributed by atoms with E-state index in [0.717, 1.165) is 16.5 Å². The number of hydrogen-bond donors (Lipinski definition) is 1. The molecule has 5 heteroatoms. The standard InChI is InChI=1S/C29H32N4S/c1-18-10-12-22(15-19(18)2)33-27(26(31-28(33)34)24-9-7-8-14-30-24)21-11-13-25-23(16-21)20(3)17-29(4,5)32(25)6/h7-17,26-27H,1-6H3,(H,31,34)/t26-,27-/m0/s1. The van der Waals surface area contributed by atoms with Gasteiger partial charge in [0.05, 0.1) is 23.3 Å². The number of rotatable bonds is 3. The van der Waals surface area contributed by atoms with E-state index in [4.69, 9.17) is 17.2 Å². The minimum absolute atomic E-state index is 0.0113. The van der Waals surface area contributed by atoms with Crippen LogP contribution in [0.15, 0.2) is 66.9 Å². The van der Waals surface area contributed by atoms with Gasteiger partial charge in [-0.15, -0.1) is 0 Å². The highest BCUT2D eigenvalue weighted by atomic mass is 32.1. The van der Waals surface area contributed by atoms with Gasteiger partial charge in [-0.1, -0.05) is 24.3 Å². The van der Waals surface area contributed by atoms with Crippen molar-refractivity contribution in [3.05, 3.63) is 94.8 Å². The van der Waals surface area contributed by atoms with Crippen molar-refractivity contribution in [1.82, 2.24) is 10.3 Å². The second-order valence-electron chi connectivity index (χ2n) is 10.1. The molecule has 1 N–H and O–H groups in total. The molecule has 2 aromatic carbocycles. The first kappa shape index (κ1) is 22.6. The van der Waals surface area contributed by atoms with Gasteiger partial charge in [0.25, 0.3) is 0 Å². The van der Waals surface area contributed by atoms with E-state index in [1.54, 1.807) is 0 Å². The molecule has 0 spiro atoms. The number of thiocarbonyl (C=S) groups is 1. The Morgan fingerprint density at radius 1 is 0.971 bits per heavy atom. The quantitative estimate of drug-likeness (QED) is 0.443. The summed E-state index contributed by atoms with van der Waals surface area (Å²) in [5.41, 5.74) is 9.68. The predicted octanol–water partition coefficient (Wildman–Crippen LogP) is 6.51. The molecule has 1 aromatic heterocycles. The number of anilines is 2. The van der Waals surface area contributed by atoms with Gasteiger partial charge in [-0.2, -0.15) is 0 Å². The summed E-state index contributed by atoms with van der Waals surface area (Å²) in [5.74, 6) is 0. The number of fused-ring (bicyclic) bond motifs is 1. The van der Waals surface area contributed by atoms with Gasteiger partial charge in [-0.25, -0.2) is 0 Å². The first-order valence-electron chi connectivity index (χ1n) is 11.8. The summed E-state index contributed by atoms with van der Waals surface area (Å²) in [6.07, 6.45) is 4.21. The van der Waals surface area contributed by atoms with Gasteiger partial charge >= 0.3 is 0 Å². The fourth-order valence-corrected chi connectivity index (χ4v) is 5.55. The van der Waals surface area contributed by atoms with E-state index in [0.29, 0.717) is 0 Å². The van der Waals surface area contributed by atoms with Crippen LogP contribution >= 0.6 is 12.2 Å². The number of aryl methyl sites for hydroxylation is 2. The number of nitrogens with one attached hydrogen (secondary N) is 1. The molecule has 0 saturated carbocycles. The molecule has 0 radical (unpaired) electrons. The van der Waals surface area contributed by atoms with Crippen molar-refractivity contribution in [3.8, 4) is 0 Å². The Morgan fingerprint density at radius 3 is 2.47 bits per heavy atom. The summed E-state index contributed by atoms with van der Waals surface area (Å²) in [7, 11) is 2.17. The summed E-state index contributed by atoms with van der Waals surface area (Å²) < 4.78 is 0. The molecule has 0 aliphatic carbocycles. The van der Waals surface area contributed by atoms with Gasteiger partial charge in [-0.3, -0.25) is 4.98 Å². The summed E-state index contributed by atoms with van der Waals surface area (Å²) in [6.45, 7) is 11.0. The Morgan fingerprint density at radius 2 is 1.76 bits per heavy atom. The Bertz CT molecular complexity index is 1290. The third kappa shape index (κ3) is 3.68. The third-order valence-electron chi connectivity index (χ3n) is 7.45. The summed E-state index contributed by atoms with van der Waals surface area (Å²) in [6, 6.07) is 19.5.